The number of hydrogen-bond acceptors (Lipinski definition) is 3. The van der Waals surface area contributed by atoms with Gasteiger partial charge in [-0.25, -0.2) is 0 Å². The maximum atomic E-state index is 9.10. The highest BCUT2D eigenvalue weighted by atomic mass is 31.2. The highest BCUT2D eigenvalue weighted by Crippen LogP contribution is 2.12. The third-order valence-electron chi connectivity index (χ3n) is 2.49. The van der Waals surface area contributed by atoms with Crippen LogP contribution in [0.4, 0.5) is 0 Å². The molecule has 0 aliphatic carbocycles. The summed E-state index contributed by atoms with van der Waals surface area (Å²) in [6.45, 7) is 19.4. The first-order chi connectivity index (χ1) is 10.2. The molecule has 0 saturated carbocycles. The molecular weight excluding hydrogens is 311 g/mol. The second-order valence-electron chi connectivity index (χ2n) is 6.53. The molecule has 0 amide bonds. The lowest BCUT2D eigenvalue weighted by Gasteiger charge is -2.26. The zero-order chi connectivity index (χ0) is 19.2. The summed E-state index contributed by atoms with van der Waals surface area (Å²) < 4.78 is 11.0. The summed E-state index contributed by atoms with van der Waals surface area (Å²) in [5, 5.41) is 0. The standard InChI is InChI=1S/2C8H16N.CH5O3P/c2*1-5-7-9(3,4)8-6-2;1-5(2,3)4/h2*5-6H,1-2,7-8H2,3-4H3;1H3,(H2,2,3,4)/q2*+1;/p-2. The summed E-state index contributed by atoms with van der Waals surface area (Å²) in [6.07, 6.45) is 7.74. The van der Waals surface area contributed by atoms with Crippen LogP contribution >= 0.6 is 7.60 Å². The Morgan fingerprint density at radius 3 is 0.957 bits per heavy atom. The molecule has 0 aromatic carbocycles. The van der Waals surface area contributed by atoms with E-state index in [0.717, 1.165) is 35.1 Å². The Morgan fingerprint density at radius 1 is 0.739 bits per heavy atom. The van der Waals surface area contributed by atoms with Crippen molar-refractivity contribution in [1.82, 2.24) is 0 Å². The van der Waals surface area contributed by atoms with E-state index in [1.165, 1.54) is 0 Å². The third kappa shape index (κ3) is 33.7. The van der Waals surface area contributed by atoms with Gasteiger partial charge in [0, 0.05) is 0 Å². The van der Waals surface area contributed by atoms with Crippen LogP contribution < -0.4 is 9.79 Å². The Kier molecular flexibility index (Phi) is 15.8. The van der Waals surface area contributed by atoms with E-state index in [0.29, 0.717) is 6.66 Å². The quantitative estimate of drug-likeness (QED) is 0.379. The van der Waals surface area contributed by atoms with Crippen molar-refractivity contribution in [3.8, 4) is 0 Å². The van der Waals surface area contributed by atoms with E-state index in [2.05, 4.69) is 54.5 Å². The molecule has 0 heterocycles. The predicted molar refractivity (Wildman–Crippen MR) is 98.0 cm³/mol. The van der Waals surface area contributed by atoms with Crippen LogP contribution in [0.1, 0.15) is 0 Å². The van der Waals surface area contributed by atoms with Gasteiger partial charge in [-0.2, -0.15) is 0 Å². The fourth-order valence-corrected chi connectivity index (χ4v) is 1.55. The summed E-state index contributed by atoms with van der Waals surface area (Å²) in [5.41, 5.74) is 0. The molecule has 0 N–H and O–H groups in total. The Hall–Kier alpha value is -0.970. The highest BCUT2D eigenvalue weighted by molar-refractivity contribution is 7.47. The van der Waals surface area contributed by atoms with Gasteiger partial charge in [0.25, 0.3) is 0 Å². The van der Waals surface area contributed by atoms with E-state index in [1.807, 2.05) is 24.3 Å². The largest absolute Gasteiger partial charge is 0.811 e. The molecule has 0 atom stereocenters. The molecule has 0 fully saturated rings. The molecular formula is C17H35N2O3P. The number of hydrogen-bond donors (Lipinski definition) is 0. The van der Waals surface area contributed by atoms with Gasteiger partial charge >= 0.3 is 0 Å². The maximum Gasteiger partial charge on any atom is 0.0969 e. The van der Waals surface area contributed by atoms with Crippen molar-refractivity contribution in [1.29, 1.82) is 0 Å². The average Bonchev–Trinajstić information content (AvgIpc) is 2.26. The number of nitrogens with zero attached hydrogens (tertiary/aromatic N) is 2. The van der Waals surface area contributed by atoms with Crippen LogP contribution in [0, 0.1) is 0 Å². The van der Waals surface area contributed by atoms with Gasteiger partial charge < -0.3 is 23.3 Å². The summed E-state index contributed by atoms with van der Waals surface area (Å²) in [6, 6.07) is 0. The SMILES string of the molecule is C=CC[N+](C)(C)CC=C.C=CC[N+](C)(C)CC=C.CP(=O)([O-])[O-]. The average molecular weight is 346 g/mol. The van der Waals surface area contributed by atoms with Gasteiger partial charge in [-0.05, 0) is 31.0 Å². The van der Waals surface area contributed by atoms with Gasteiger partial charge in [-0.15, -0.1) is 0 Å². The summed E-state index contributed by atoms with van der Waals surface area (Å²) in [4.78, 5) is 18.2. The number of quaternary nitrogens is 2. The Morgan fingerprint density at radius 2 is 0.870 bits per heavy atom. The van der Waals surface area contributed by atoms with Crippen molar-refractivity contribution in [2.75, 3.05) is 61.0 Å². The first-order valence-electron chi connectivity index (χ1n) is 7.31. The molecule has 0 bridgehead atoms. The molecule has 0 aromatic heterocycles. The van der Waals surface area contributed by atoms with Crippen molar-refractivity contribution >= 4 is 7.60 Å². The first kappa shape index (κ1) is 26.9. The van der Waals surface area contributed by atoms with Gasteiger partial charge in [-0.3, -0.25) is 0 Å². The van der Waals surface area contributed by atoms with Crippen molar-refractivity contribution in [2.45, 2.75) is 0 Å². The van der Waals surface area contributed by atoms with Crippen molar-refractivity contribution in [3.05, 3.63) is 50.6 Å². The second-order valence-corrected chi connectivity index (χ2v) is 8.07. The molecule has 23 heavy (non-hydrogen) atoms. The van der Waals surface area contributed by atoms with E-state index < -0.39 is 7.60 Å². The van der Waals surface area contributed by atoms with E-state index in [4.69, 9.17) is 14.4 Å². The van der Waals surface area contributed by atoms with E-state index in [-0.39, 0.29) is 0 Å². The summed E-state index contributed by atoms with van der Waals surface area (Å²) >= 11 is 0. The first-order valence-corrected chi connectivity index (χ1v) is 9.30. The molecule has 0 radical (unpaired) electrons. The minimum atomic E-state index is -4.14. The van der Waals surface area contributed by atoms with Crippen molar-refractivity contribution < 1.29 is 23.3 Å². The Labute approximate surface area is 143 Å². The fourth-order valence-electron chi connectivity index (χ4n) is 1.55. The topological polar surface area (TPSA) is 63.2 Å². The fraction of sp³-hybridized carbons (Fsp3) is 0.529. The minimum Gasteiger partial charge on any atom is -0.811 e. The Bertz CT molecular complexity index is 338. The lowest BCUT2D eigenvalue weighted by Crippen LogP contribution is -2.39. The van der Waals surface area contributed by atoms with Crippen LogP contribution in [0.3, 0.4) is 0 Å². The van der Waals surface area contributed by atoms with Gasteiger partial charge in [0.15, 0.2) is 0 Å². The highest BCUT2D eigenvalue weighted by Gasteiger charge is 2.08. The van der Waals surface area contributed by atoms with Crippen LogP contribution in [0.5, 0.6) is 0 Å². The normalized spacial score (nSPS) is 11.1. The van der Waals surface area contributed by atoms with E-state index >= 15 is 0 Å². The molecule has 0 unspecified atom stereocenters. The molecule has 136 valence electrons. The molecule has 5 nitrogen and oxygen atoms in total. The van der Waals surface area contributed by atoms with Gasteiger partial charge in [0.2, 0.25) is 0 Å². The predicted octanol–water partition coefficient (Wildman–Crippen LogP) is 1.40. The van der Waals surface area contributed by atoms with Crippen molar-refractivity contribution in [2.24, 2.45) is 0 Å². The van der Waals surface area contributed by atoms with E-state index in [9.17, 15) is 0 Å². The lowest BCUT2D eigenvalue weighted by atomic mass is 10.4. The molecule has 0 aromatic rings. The molecule has 0 rings (SSSR count). The smallest absolute Gasteiger partial charge is 0.0969 e. The van der Waals surface area contributed by atoms with Crippen LogP contribution in [-0.2, 0) is 4.57 Å². The minimum absolute atomic E-state index is 0.632. The van der Waals surface area contributed by atoms with Crippen LogP contribution in [-0.4, -0.2) is 70.0 Å². The zero-order valence-corrected chi connectivity index (χ0v) is 16.4. The third-order valence-corrected chi connectivity index (χ3v) is 2.49. The van der Waals surface area contributed by atoms with Crippen molar-refractivity contribution in [3.63, 3.8) is 0 Å². The van der Waals surface area contributed by atoms with Gasteiger partial charge in [-0.1, -0.05) is 33.9 Å². The molecule has 6 heteroatoms. The Balaban J connectivity index is -0.000000273. The lowest BCUT2D eigenvalue weighted by molar-refractivity contribution is -0.878. The zero-order valence-electron chi connectivity index (χ0n) is 15.5. The second kappa shape index (κ2) is 13.5. The maximum absolute atomic E-state index is 9.10. The van der Waals surface area contributed by atoms with Gasteiger partial charge in [0.05, 0.1) is 54.4 Å². The molecule has 0 aliphatic heterocycles. The molecule has 0 spiro atoms. The molecule has 0 saturated heterocycles. The monoisotopic (exact) mass is 346 g/mol. The number of rotatable bonds is 8. The summed E-state index contributed by atoms with van der Waals surface area (Å²) in [7, 11) is 4.49. The van der Waals surface area contributed by atoms with Crippen LogP contribution in [0.2, 0.25) is 0 Å². The van der Waals surface area contributed by atoms with Crippen LogP contribution in [0.15, 0.2) is 50.6 Å². The number of likely N-dealkylation sites (N-methyl/N-ethyl adjacent to an activating group) is 2. The van der Waals surface area contributed by atoms with Crippen LogP contribution in [0.25, 0.3) is 0 Å². The van der Waals surface area contributed by atoms with Gasteiger partial charge in [0.1, 0.15) is 0 Å². The van der Waals surface area contributed by atoms with E-state index in [1.54, 1.807) is 0 Å². The summed E-state index contributed by atoms with van der Waals surface area (Å²) in [5.74, 6) is 0. The molecule has 0 aliphatic rings.